The normalized spacial score (nSPS) is 18.7. The van der Waals surface area contributed by atoms with E-state index in [1.165, 1.54) is 31.0 Å². The smallest absolute Gasteiger partial charge is 0.350 e. The predicted octanol–water partition coefficient (Wildman–Crippen LogP) is -0.143. The molecule has 0 saturated carbocycles. The highest BCUT2D eigenvalue weighted by atomic mass is 79.9. The summed E-state index contributed by atoms with van der Waals surface area (Å²) in [5.41, 5.74) is 3.83. The van der Waals surface area contributed by atoms with Gasteiger partial charge >= 0.3 is 5.97 Å². The van der Waals surface area contributed by atoms with Crippen LogP contribution in [0.1, 0.15) is 19.5 Å². The quantitative estimate of drug-likeness (QED) is 0.137. The summed E-state index contributed by atoms with van der Waals surface area (Å²) < 4.78 is 1.78. The average Bonchev–Trinajstić information content (AvgIpc) is 3.28. The first-order valence-corrected chi connectivity index (χ1v) is 12.8. The standard InChI is InChI=1S/C22H22N6O7S2.2BrH/c1-22(2,20(33)34)35-26-13(12-10-37-21(23)24-12)16(29)25-14-17(30)28-15(19(31)32)11(9-36-18(14)28)8-27-6-4-3-5-7-27;;/h3-7,10,14,18H,8-9H2,1-2H3,(H4-,23,24,25,29,31,32,33,34);2*1H/b26-13-;;/t14-,18-;;/m1../s1. The Kier molecular flexibility index (Phi) is 10.6. The Morgan fingerprint density at radius 1 is 1.31 bits per heavy atom. The van der Waals surface area contributed by atoms with E-state index in [1.54, 1.807) is 29.1 Å². The molecule has 2 aromatic rings. The molecule has 2 amide bonds. The Hall–Kier alpha value is -3.02. The minimum absolute atomic E-state index is 0. The third-order valence-corrected chi connectivity index (χ3v) is 7.55. The molecular formula is C22H24Br2N6O7S2. The first kappa shape index (κ1) is 32.2. The number of nitrogens with zero attached hydrogens (tertiary/aromatic N) is 4. The van der Waals surface area contributed by atoms with E-state index < -0.39 is 40.8 Å². The van der Waals surface area contributed by atoms with E-state index in [0.29, 0.717) is 11.3 Å². The lowest BCUT2D eigenvalue weighted by atomic mass is 10.0. The number of pyridine rings is 1. The fourth-order valence-electron chi connectivity index (χ4n) is 3.56. The number of rotatable bonds is 9. The number of thioether (sulfide) groups is 1. The van der Waals surface area contributed by atoms with Gasteiger partial charge in [0.15, 0.2) is 29.8 Å². The molecule has 1 saturated heterocycles. The van der Waals surface area contributed by atoms with E-state index in [0.717, 1.165) is 16.2 Å². The van der Waals surface area contributed by atoms with Gasteiger partial charge in [0.25, 0.3) is 11.8 Å². The fraction of sp³-hybridized carbons (Fsp3) is 0.318. The maximum Gasteiger partial charge on any atom is 0.350 e. The molecule has 0 aromatic carbocycles. The fourth-order valence-corrected chi connectivity index (χ4v) is 5.45. The molecule has 0 aliphatic carbocycles. The minimum Gasteiger partial charge on any atom is -0.543 e. The van der Waals surface area contributed by atoms with Gasteiger partial charge < -0.3 is 30.9 Å². The first-order chi connectivity index (χ1) is 17.5. The number of anilines is 1. The first-order valence-electron chi connectivity index (χ1n) is 10.8. The van der Waals surface area contributed by atoms with E-state index in [9.17, 15) is 29.4 Å². The van der Waals surface area contributed by atoms with Crippen molar-refractivity contribution in [3.05, 3.63) is 52.9 Å². The number of hydrogen-bond donors (Lipinski definition) is 3. The zero-order valence-electron chi connectivity index (χ0n) is 20.4. The Bertz CT molecular complexity index is 1340. The van der Waals surface area contributed by atoms with Gasteiger partial charge in [-0.15, -0.1) is 57.1 Å². The van der Waals surface area contributed by atoms with E-state index in [-0.39, 0.29) is 62.7 Å². The number of nitrogens with two attached hydrogens (primary N) is 1. The number of β-lactam (4-membered cyclic amide) rings is 1. The second kappa shape index (κ2) is 12.9. The lowest BCUT2D eigenvalue weighted by Gasteiger charge is -2.50. The molecule has 0 unspecified atom stereocenters. The number of carboxylic acids is 2. The van der Waals surface area contributed by atoms with Crippen LogP contribution in [0.5, 0.6) is 0 Å². The molecule has 210 valence electrons. The summed E-state index contributed by atoms with van der Waals surface area (Å²) in [4.78, 5) is 59.6. The summed E-state index contributed by atoms with van der Waals surface area (Å²) in [5, 5.41) is 28.4. The van der Waals surface area contributed by atoms with E-state index in [2.05, 4.69) is 15.5 Å². The van der Waals surface area contributed by atoms with Gasteiger partial charge in [-0.1, -0.05) is 11.2 Å². The Morgan fingerprint density at radius 2 is 1.97 bits per heavy atom. The molecule has 1 fully saturated rings. The van der Waals surface area contributed by atoms with Crippen molar-refractivity contribution >= 4 is 91.7 Å². The van der Waals surface area contributed by atoms with Crippen LogP contribution in [0.15, 0.2) is 52.4 Å². The van der Waals surface area contributed by atoms with Crippen LogP contribution >= 0.6 is 57.1 Å². The number of amides is 2. The molecule has 4 rings (SSSR count). The summed E-state index contributed by atoms with van der Waals surface area (Å²) in [6.07, 6.45) is 3.55. The summed E-state index contributed by atoms with van der Waals surface area (Å²) in [6, 6.07) is 4.36. The molecule has 13 nitrogen and oxygen atoms in total. The Morgan fingerprint density at radius 3 is 2.54 bits per heavy atom. The number of fused-ring (bicyclic) bond motifs is 1. The van der Waals surface area contributed by atoms with Crippen molar-refractivity contribution in [2.45, 2.75) is 37.4 Å². The number of oxime groups is 1. The van der Waals surface area contributed by atoms with Gasteiger partial charge in [-0.05, 0) is 13.8 Å². The Balaban J connectivity index is 0.00000267. The number of hydrogen-bond acceptors (Lipinski definition) is 11. The third-order valence-electron chi connectivity index (χ3n) is 5.54. The monoisotopic (exact) mass is 706 g/mol. The maximum absolute atomic E-state index is 13.1. The molecule has 17 heteroatoms. The second-order valence-corrected chi connectivity index (χ2v) is 10.6. The number of halogens is 2. The topological polar surface area (TPSA) is 191 Å². The van der Waals surface area contributed by atoms with Crippen molar-refractivity contribution in [1.29, 1.82) is 0 Å². The van der Waals surface area contributed by atoms with Crippen LogP contribution in [0.3, 0.4) is 0 Å². The Labute approximate surface area is 251 Å². The van der Waals surface area contributed by atoms with E-state index in [4.69, 9.17) is 10.6 Å². The van der Waals surface area contributed by atoms with E-state index in [1.807, 2.05) is 6.07 Å². The molecule has 0 bridgehead atoms. The summed E-state index contributed by atoms with van der Waals surface area (Å²) in [7, 11) is 0. The maximum atomic E-state index is 13.1. The van der Waals surface area contributed by atoms with Crippen LogP contribution in [0.2, 0.25) is 0 Å². The van der Waals surface area contributed by atoms with Crippen LogP contribution in [0.4, 0.5) is 5.13 Å². The van der Waals surface area contributed by atoms with Gasteiger partial charge in [-0.2, -0.15) is 0 Å². The molecule has 39 heavy (non-hydrogen) atoms. The number of carbonyl (C=O) groups is 4. The summed E-state index contributed by atoms with van der Waals surface area (Å²) in [5.74, 6) is -4.01. The molecule has 2 aromatic heterocycles. The molecule has 4 N–H and O–H groups in total. The summed E-state index contributed by atoms with van der Waals surface area (Å²) >= 11 is 2.32. The average molecular weight is 708 g/mol. The van der Waals surface area contributed by atoms with Crippen molar-refractivity contribution in [1.82, 2.24) is 15.2 Å². The van der Waals surface area contributed by atoms with Crippen molar-refractivity contribution in [2.75, 3.05) is 11.5 Å². The highest BCUT2D eigenvalue weighted by Gasteiger charge is 2.53. The highest BCUT2D eigenvalue weighted by Crippen LogP contribution is 2.40. The van der Waals surface area contributed by atoms with Crippen molar-refractivity contribution in [2.24, 2.45) is 5.16 Å². The SMILES string of the molecule is Br.Br.CC(C)(O/N=C(\C(=O)N[C@@H]1C(=O)N2C(C(=O)[O-])=C(C[n+]3ccccc3)CS[C@H]12)c1csc(N)n1)C(=O)O. The van der Waals surface area contributed by atoms with Crippen molar-refractivity contribution in [3.63, 3.8) is 0 Å². The predicted molar refractivity (Wildman–Crippen MR) is 150 cm³/mol. The zero-order valence-corrected chi connectivity index (χ0v) is 25.5. The van der Waals surface area contributed by atoms with Crippen LogP contribution in [0.25, 0.3) is 0 Å². The molecular weight excluding hydrogens is 684 g/mol. The number of nitrogen functional groups attached to an aromatic ring is 1. The van der Waals surface area contributed by atoms with Crippen LogP contribution in [-0.2, 0) is 30.6 Å². The second-order valence-electron chi connectivity index (χ2n) is 8.57. The van der Waals surface area contributed by atoms with Crippen LogP contribution < -0.4 is 20.7 Å². The largest absolute Gasteiger partial charge is 0.543 e. The van der Waals surface area contributed by atoms with Crippen molar-refractivity contribution < 1.29 is 38.8 Å². The van der Waals surface area contributed by atoms with Gasteiger partial charge in [0, 0.05) is 28.8 Å². The van der Waals surface area contributed by atoms with Crippen molar-refractivity contribution in [3.8, 4) is 0 Å². The van der Waals surface area contributed by atoms with Gasteiger partial charge in [-0.25, -0.2) is 14.3 Å². The number of aromatic nitrogens is 2. The number of carboxylic acid groups (broad SMARTS) is 2. The van der Waals surface area contributed by atoms with Crippen LogP contribution in [-0.4, -0.2) is 67.2 Å². The highest BCUT2D eigenvalue weighted by molar-refractivity contribution is 8.93. The van der Waals surface area contributed by atoms with E-state index >= 15 is 0 Å². The molecule has 0 radical (unpaired) electrons. The third kappa shape index (κ3) is 6.77. The number of carbonyl (C=O) groups excluding carboxylic acids is 3. The van der Waals surface area contributed by atoms with Gasteiger partial charge in [0.05, 0.1) is 11.7 Å². The zero-order chi connectivity index (χ0) is 26.9. The number of nitrogens with one attached hydrogen (secondary N) is 1. The van der Waals surface area contributed by atoms with Gasteiger partial charge in [0.2, 0.25) is 5.60 Å². The molecule has 2 aliphatic rings. The lowest BCUT2D eigenvalue weighted by Crippen LogP contribution is -2.71. The minimum atomic E-state index is -1.75. The molecule has 4 heterocycles. The molecule has 0 spiro atoms. The molecule has 2 atom stereocenters. The van der Waals surface area contributed by atoms with Gasteiger partial charge in [0.1, 0.15) is 17.1 Å². The summed E-state index contributed by atoms with van der Waals surface area (Å²) in [6.45, 7) is 2.74. The number of aliphatic carboxylic acids is 2. The number of thiazole rings is 1. The molecule has 2 aliphatic heterocycles. The van der Waals surface area contributed by atoms with Gasteiger partial charge in [-0.3, -0.25) is 14.5 Å². The van der Waals surface area contributed by atoms with Crippen LogP contribution in [0, 0.1) is 0 Å². The lowest BCUT2D eigenvalue weighted by molar-refractivity contribution is -0.689.